The summed E-state index contributed by atoms with van der Waals surface area (Å²) in [5, 5.41) is 16.4. The predicted octanol–water partition coefficient (Wildman–Crippen LogP) is 1.83. The molecule has 2 N–H and O–H groups in total. The number of carbonyl (C=O) groups is 2. The van der Waals surface area contributed by atoms with E-state index in [0.29, 0.717) is 10.9 Å². The van der Waals surface area contributed by atoms with Crippen LogP contribution in [0.5, 0.6) is 0 Å². The molecule has 0 aromatic carbocycles. The smallest absolute Gasteiger partial charge is 0.356 e. The molecule has 0 atom stereocenters. The fourth-order valence-electron chi connectivity index (χ4n) is 1.49. The molecular weight excluding hydrogens is 268 g/mol. The first kappa shape index (κ1) is 13.2. The maximum Gasteiger partial charge on any atom is 0.356 e. The summed E-state index contributed by atoms with van der Waals surface area (Å²) in [5.41, 5.74) is 0.719. The molecule has 100 valence electrons. The summed E-state index contributed by atoms with van der Waals surface area (Å²) in [6.45, 7) is 3.21. The number of carbonyl (C=O) groups excluding carboxylic acids is 1. The van der Waals surface area contributed by atoms with Crippen LogP contribution >= 0.6 is 11.3 Å². The summed E-state index contributed by atoms with van der Waals surface area (Å²) in [6, 6.07) is 1.80. The predicted molar refractivity (Wildman–Crippen MR) is 70.3 cm³/mol. The summed E-state index contributed by atoms with van der Waals surface area (Å²) in [6.07, 6.45) is 0. The lowest BCUT2D eigenvalue weighted by Gasteiger charge is -1.95. The van der Waals surface area contributed by atoms with Gasteiger partial charge in [0.2, 0.25) is 0 Å². The van der Waals surface area contributed by atoms with Crippen molar-refractivity contribution in [2.45, 2.75) is 13.8 Å². The number of hydrogen-bond acceptors (Lipinski definition) is 6. The van der Waals surface area contributed by atoms with E-state index in [1.165, 1.54) is 6.92 Å². The molecule has 0 aliphatic rings. The molecular formula is C11H12N4O3S. The number of rotatable bonds is 4. The highest BCUT2D eigenvalue weighted by atomic mass is 32.1. The Morgan fingerprint density at radius 2 is 2.16 bits per heavy atom. The van der Waals surface area contributed by atoms with Crippen molar-refractivity contribution in [3.8, 4) is 0 Å². The molecule has 0 saturated carbocycles. The van der Waals surface area contributed by atoms with E-state index >= 15 is 0 Å². The van der Waals surface area contributed by atoms with Crippen LogP contribution in [0, 0.1) is 6.92 Å². The fraction of sp³-hybridized carbons (Fsp3) is 0.273. The van der Waals surface area contributed by atoms with Gasteiger partial charge in [-0.15, -0.1) is 0 Å². The number of aryl methyl sites for hydroxylation is 2. The zero-order valence-corrected chi connectivity index (χ0v) is 11.4. The zero-order valence-electron chi connectivity index (χ0n) is 10.6. The van der Waals surface area contributed by atoms with Crippen molar-refractivity contribution >= 4 is 34.0 Å². The van der Waals surface area contributed by atoms with E-state index in [1.807, 2.05) is 6.92 Å². The minimum absolute atomic E-state index is 0.127. The number of aromatic carboxylic acids is 1. The molecule has 0 saturated heterocycles. The Kier molecular flexibility index (Phi) is 3.34. The SMILES string of the molecule is CC(=O)c1sc(Nc2cc(C)n(C)n2)nc1C(=O)O. The quantitative estimate of drug-likeness (QED) is 0.829. The Balaban J connectivity index is 2.33. The molecule has 0 amide bonds. The minimum atomic E-state index is -1.22. The molecule has 8 heteroatoms. The van der Waals surface area contributed by atoms with E-state index in [2.05, 4.69) is 15.4 Å². The normalized spacial score (nSPS) is 10.5. The maximum absolute atomic E-state index is 11.4. The monoisotopic (exact) mass is 280 g/mol. The Morgan fingerprint density at radius 1 is 1.47 bits per heavy atom. The summed E-state index contributed by atoms with van der Waals surface area (Å²) < 4.78 is 1.68. The van der Waals surface area contributed by atoms with E-state index in [0.717, 1.165) is 17.0 Å². The van der Waals surface area contributed by atoms with E-state index in [4.69, 9.17) is 5.11 Å². The van der Waals surface area contributed by atoms with E-state index in [9.17, 15) is 9.59 Å². The summed E-state index contributed by atoms with van der Waals surface area (Å²) in [7, 11) is 1.80. The van der Waals surface area contributed by atoms with Crippen molar-refractivity contribution in [1.29, 1.82) is 0 Å². The van der Waals surface area contributed by atoms with Gasteiger partial charge in [0.25, 0.3) is 0 Å². The van der Waals surface area contributed by atoms with E-state index in [1.54, 1.807) is 17.8 Å². The molecule has 2 heterocycles. The topological polar surface area (TPSA) is 97.1 Å². The van der Waals surface area contributed by atoms with E-state index < -0.39 is 5.97 Å². The third-order valence-corrected chi connectivity index (χ3v) is 3.57. The fourth-order valence-corrected chi connectivity index (χ4v) is 2.35. The van der Waals surface area contributed by atoms with Crippen molar-refractivity contribution in [2.75, 3.05) is 5.32 Å². The number of nitrogens with one attached hydrogen (secondary N) is 1. The van der Waals surface area contributed by atoms with Gasteiger partial charge in [-0.2, -0.15) is 5.10 Å². The van der Waals surface area contributed by atoms with Crippen LogP contribution in [-0.4, -0.2) is 31.6 Å². The average molecular weight is 280 g/mol. The molecule has 2 aromatic rings. The highest BCUT2D eigenvalue weighted by Crippen LogP contribution is 2.26. The maximum atomic E-state index is 11.4. The summed E-state index contributed by atoms with van der Waals surface area (Å²) in [5.74, 6) is -0.979. The highest BCUT2D eigenvalue weighted by molar-refractivity contribution is 7.17. The van der Waals surface area contributed by atoms with Crippen molar-refractivity contribution in [3.63, 3.8) is 0 Å². The van der Waals surface area contributed by atoms with Crippen molar-refractivity contribution < 1.29 is 14.7 Å². The van der Waals surface area contributed by atoms with Crippen LogP contribution in [0.4, 0.5) is 10.9 Å². The third-order valence-electron chi connectivity index (χ3n) is 2.50. The number of nitrogens with zero attached hydrogens (tertiary/aromatic N) is 3. The lowest BCUT2D eigenvalue weighted by Crippen LogP contribution is -2.03. The van der Waals surface area contributed by atoms with Gasteiger partial charge in [-0.25, -0.2) is 9.78 Å². The van der Waals surface area contributed by atoms with Gasteiger partial charge in [0.05, 0.1) is 0 Å². The van der Waals surface area contributed by atoms with Gasteiger partial charge in [0.15, 0.2) is 22.4 Å². The molecule has 0 aliphatic carbocycles. The lowest BCUT2D eigenvalue weighted by atomic mass is 10.3. The number of hydrogen-bond donors (Lipinski definition) is 2. The standard InChI is InChI=1S/C11H12N4O3S/c1-5-4-7(14-15(5)3)12-11-13-8(10(17)18)9(19-11)6(2)16/h4H,1-3H3,(H,17,18)(H,12,13,14). The average Bonchev–Trinajstić information content (AvgIpc) is 2.84. The third kappa shape index (κ3) is 2.63. The van der Waals surface area contributed by atoms with Gasteiger partial charge >= 0.3 is 5.97 Å². The number of thiazole rings is 1. The lowest BCUT2D eigenvalue weighted by molar-refractivity contribution is 0.0687. The molecule has 0 bridgehead atoms. The molecule has 0 spiro atoms. The van der Waals surface area contributed by atoms with Crippen molar-refractivity contribution in [2.24, 2.45) is 7.05 Å². The number of carboxylic acids is 1. The van der Waals surface area contributed by atoms with Crippen LogP contribution in [0.2, 0.25) is 0 Å². The number of ketones is 1. The van der Waals surface area contributed by atoms with Crippen LogP contribution < -0.4 is 5.32 Å². The summed E-state index contributed by atoms with van der Waals surface area (Å²) in [4.78, 5) is 26.4. The van der Waals surface area contributed by atoms with Gasteiger partial charge < -0.3 is 10.4 Å². The minimum Gasteiger partial charge on any atom is -0.476 e. The summed E-state index contributed by atoms with van der Waals surface area (Å²) >= 11 is 1.00. The molecule has 2 rings (SSSR count). The highest BCUT2D eigenvalue weighted by Gasteiger charge is 2.20. The van der Waals surface area contributed by atoms with Crippen LogP contribution in [0.25, 0.3) is 0 Å². The molecule has 0 aliphatic heterocycles. The van der Waals surface area contributed by atoms with Crippen LogP contribution in [-0.2, 0) is 7.05 Å². The molecule has 2 aromatic heterocycles. The van der Waals surface area contributed by atoms with Gasteiger partial charge in [-0.05, 0) is 6.92 Å². The second-order valence-electron chi connectivity index (χ2n) is 3.98. The van der Waals surface area contributed by atoms with Gasteiger partial charge in [-0.3, -0.25) is 9.48 Å². The van der Waals surface area contributed by atoms with Crippen molar-refractivity contribution in [3.05, 3.63) is 22.3 Å². The first-order valence-corrected chi connectivity index (χ1v) is 6.23. The Bertz CT molecular complexity index is 608. The van der Waals surface area contributed by atoms with Gasteiger partial charge in [-0.1, -0.05) is 11.3 Å². The molecule has 0 fully saturated rings. The van der Waals surface area contributed by atoms with E-state index in [-0.39, 0.29) is 16.4 Å². The first-order valence-electron chi connectivity index (χ1n) is 5.41. The Labute approximate surface area is 112 Å². The first-order chi connectivity index (χ1) is 8.88. The molecule has 0 unspecified atom stereocenters. The largest absolute Gasteiger partial charge is 0.476 e. The van der Waals surface area contributed by atoms with Crippen molar-refractivity contribution in [1.82, 2.24) is 14.8 Å². The van der Waals surface area contributed by atoms with Crippen LogP contribution in [0.1, 0.15) is 32.8 Å². The Hall–Kier alpha value is -2.22. The second kappa shape index (κ2) is 4.81. The number of aromatic nitrogens is 3. The molecule has 19 heavy (non-hydrogen) atoms. The Morgan fingerprint density at radius 3 is 2.58 bits per heavy atom. The van der Waals surface area contributed by atoms with Crippen LogP contribution in [0.3, 0.4) is 0 Å². The number of Topliss-reactive ketones (excluding diaryl/α,β-unsaturated/α-hetero) is 1. The molecule has 7 nitrogen and oxygen atoms in total. The van der Waals surface area contributed by atoms with Crippen LogP contribution in [0.15, 0.2) is 6.07 Å². The van der Waals surface area contributed by atoms with Gasteiger partial charge in [0.1, 0.15) is 4.88 Å². The number of anilines is 2. The second-order valence-corrected chi connectivity index (χ2v) is 4.98. The zero-order chi connectivity index (χ0) is 14.2. The number of carboxylic acid groups (broad SMARTS) is 1. The van der Waals surface area contributed by atoms with Gasteiger partial charge in [0, 0.05) is 25.7 Å². The molecule has 0 radical (unpaired) electrons.